The van der Waals surface area contributed by atoms with Crippen molar-refractivity contribution in [3.63, 3.8) is 0 Å². The number of carbonyl (C=O) groups excluding carboxylic acids is 3. The standard InChI is InChI=1S/C26H20Cl2N2O5/c1-2-34-19-10-6-18(7-11-19)30-25(32)21(24(31)29-26(30)33)13-16-3-8-20(9-4-16)35-15-17-5-12-22(27)23(28)14-17/h3-14H,2,15H2,1H3,(H,29,31,33)/b21-13+. The Kier molecular flexibility index (Phi) is 7.39. The van der Waals surface area contributed by atoms with Gasteiger partial charge in [-0.2, -0.15) is 0 Å². The second-order valence-corrected chi connectivity index (χ2v) is 8.31. The normalized spacial score (nSPS) is 14.8. The maximum Gasteiger partial charge on any atom is 0.335 e. The van der Waals surface area contributed by atoms with Crippen LogP contribution in [0.2, 0.25) is 10.0 Å². The molecule has 0 aromatic heterocycles. The molecule has 35 heavy (non-hydrogen) atoms. The van der Waals surface area contributed by atoms with Crippen molar-refractivity contribution < 1.29 is 23.9 Å². The minimum Gasteiger partial charge on any atom is -0.494 e. The van der Waals surface area contributed by atoms with Crippen LogP contribution >= 0.6 is 23.2 Å². The van der Waals surface area contributed by atoms with Gasteiger partial charge in [-0.1, -0.05) is 41.4 Å². The molecule has 1 heterocycles. The van der Waals surface area contributed by atoms with Crippen LogP contribution in [0, 0.1) is 0 Å². The summed E-state index contributed by atoms with van der Waals surface area (Å²) >= 11 is 12.0. The molecule has 4 amide bonds. The topological polar surface area (TPSA) is 84.9 Å². The van der Waals surface area contributed by atoms with Crippen molar-refractivity contribution in [2.75, 3.05) is 11.5 Å². The third kappa shape index (κ3) is 5.65. The van der Waals surface area contributed by atoms with Crippen molar-refractivity contribution in [1.29, 1.82) is 0 Å². The Hall–Kier alpha value is -3.81. The minimum absolute atomic E-state index is 0.164. The summed E-state index contributed by atoms with van der Waals surface area (Å²) in [5.41, 5.74) is 1.60. The number of imide groups is 2. The Morgan fingerprint density at radius 1 is 0.857 bits per heavy atom. The summed E-state index contributed by atoms with van der Waals surface area (Å²) in [5.74, 6) is -0.289. The zero-order valence-corrected chi connectivity index (χ0v) is 20.1. The fourth-order valence-corrected chi connectivity index (χ4v) is 3.69. The first kappa shape index (κ1) is 24.3. The van der Waals surface area contributed by atoms with Crippen molar-refractivity contribution in [3.05, 3.63) is 93.5 Å². The molecule has 7 nitrogen and oxygen atoms in total. The summed E-state index contributed by atoms with van der Waals surface area (Å²) < 4.78 is 11.1. The van der Waals surface area contributed by atoms with Gasteiger partial charge in [-0.3, -0.25) is 14.9 Å². The molecule has 3 aromatic rings. The van der Waals surface area contributed by atoms with E-state index < -0.39 is 17.8 Å². The smallest absolute Gasteiger partial charge is 0.335 e. The first-order valence-corrected chi connectivity index (χ1v) is 11.4. The first-order chi connectivity index (χ1) is 16.9. The summed E-state index contributed by atoms with van der Waals surface area (Å²) in [6.45, 7) is 2.63. The molecule has 0 spiro atoms. The van der Waals surface area contributed by atoms with Crippen LogP contribution < -0.4 is 19.7 Å². The highest BCUT2D eigenvalue weighted by Crippen LogP contribution is 2.26. The third-order valence-electron chi connectivity index (χ3n) is 5.09. The number of amides is 4. The highest BCUT2D eigenvalue weighted by molar-refractivity contribution is 6.42. The molecule has 0 atom stereocenters. The van der Waals surface area contributed by atoms with Gasteiger partial charge < -0.3 is 9.47 Å². The molecule has 1 N–H and O–H groups in total. The first-order valence-electron chi connectivity index (χ1n) is 10.7. The second-order valence-electron chi connectivity index (χ2n) is 7.49. The van der Waals surface area contributed by atoms with E-state index in [0.29, 0.717) is 39.4 Å². The number of nitrogens with one attached hydrogen (secondary N) is 1. The fourth-order valence-electron chi connectivity index (χ4n) is 3.37. The molecule has 4 rings (SSSR count). The van der Waals surface area contributed by atoms with E-state index in [1.165, 1.54) is 6.08 Å². The van der Waals surface area contributed by atoms with Crippen molar-refractivity contribution in [2.45, 2.75) is 13.5 Å². The summed E-state index contributed by atoms with van der Waals surface area (Å²) in [4.78, 5) is 38.7. The van der Waals surface area contributed by atoms with E-state index in [0.717, 1.165) is 10.5 Å². The van der Waals surface area contributed by atoms with Gasteiger partial charge >= 0.3 is 6.03 Å². The highest BCUT2D eigenvalue weighted by atomic mass is 35.5. The molecule has 0 radical (unpaired) electrons. The lowest BCUT2D eigenvalue weighted by atomic mass is 10.1. The van der Waals surface area contributed by atoms with Crippen LogP contribution in [0.4, 0.5) is 10.5 Å². The lowest BCUT2D eigenvalue weighted by Crippen LogP contribution is -2.54. The quantitative estimate of drug-likeness (QED) is 0.328. The molecule has 0 unspecified atom stereocenters. The maximum atomic E-state index is 13.0. The lowest BCUT2D eigenvalue weighted by Gasteiger charge is -2.26. The number of rotatable bonds is 7. The van der Waals surface area contributed by atoms with Crippen LogP contribution in [0.5, 0.6) is 11.5 Å². The third-order valence-corrected chi connectivity index (χ3v) is 5.83. The van der Waals surface area contributed by atoms with Crippen molar-refractivity contribution in [3.8, 4) is 11.5 Å². The second kappa shape index (κ2) is 10.6. The number of hydrogen-bond acceptors (Lipinski definition) is 5. The van der Waals surface area contributed by atoms with Crippen LogP contribution in [0.25, 0.3) is 6.08 Å². The molecule has 1 fully saturated rings. The van der Waals surface area contributed by atoms with Crippen LogP contribution in [0.15, 0.2) is 72.3 Å². The number of nitrogens with zero attached hydrogens (tertiary/aromatic N) is 1. The van der Waals surface area contributed by atoms with E-state index in [-0.39, 0.29) is 12.2 Å². The summed E-state index contributed by atoms with van der Waals surface area (Å²) in [6, 6.07) is 17.7. The van der Waals surface area contributed by atoms with Gasteiger partial charge in [0.2, 0.25) is 0 Å². The molecule has 178 valence electrons. The Morgan fingerprint density at radius 3 is 2.17 bits per heavy atom. The molecule has 0 aliphatic carbocycles. The number of hydrogen-bond donors (Lipinski definition) is 1. The average Bonchev–Trinajstić information content (AvgIpc) is 2.84. The fraction of sp³-hybridized carbons (Fsp3) is 0.115. The van der Waals surface area contributed by atoms with E-state index in [1.807, 2.05) is 13.0 Å². The van der Waals surface area contributed by atoms with Crippen molar-refractivity contribution >= 4 is 52.8 Å². The zero-order valence-electron chi connectivity index (χ0n) is 18.6. The molecule has 0 bridgehead atoms. The Balaban J connectivity index is 1.49. The summed E-state index contributed by atoms with van der Waals surface area (Å²) in [6.07, 6.45) is 1.43. The molecule has 1 aliphatic heterocycles. The van der Waals surface area contributed by atoms with Crippen molar-refractivity contribution in [1.82, 2.24) is 5.32 Å². The molecule has 1 aliphatic rings. The average molecular weight is 511 g/mol. The van der Waals surface area contributed by atoms with Crippen LogP contribution in [-0.4, -0.2) is 24.5 Å². The number of ether oxygens (including phenoxy) is 2. The van der Waals surface area contributed by atoms with E-state index in [4.69, 9.17) is 32.7 Å². The number of anilines is 1. The van der Waals surface area contributed by atoms with Crippen LogP contribution in [-0.2, 0) is 16.2 Å². The molecule has 9 heteroatoms. The van der Waals surface area contributed by atoms with E-state index in [9.17, 15) is 14.4 Å². The SMILES string of the molecule is CCOc1ccc(N2C(=O)NC(=O)/C(=C\c3ccc(OCc4ccc(Cl)c(Cl)c4)cc3)C2=O)cc1. The zero-order chi connectivity index (χ0) is 24.9. The van der Waals surface area contributed by atoms with Crippen LogP contribution in [0.1, 0.15) is 18.1 Å². The number of urea groups is 1. The molecular weight excluding hydrogens is 491 g/mol. The maximum absolute atomic E-state index is 13.0. The van der Waals surface area contributed by atoms with Crippen LogP contribution in [0.3, 0.4) is 0 Å². The molecule has 0 saturated carbocycles. The van der Waals surface area contributed by atoms with E-state index >= 15 is 0 Å². The van der Waals surface area contributed by atoms with Gasteiger partial charge in [-0.15, -0.1) is 0 Å². The number of carbonyl (C=O) groups is 3. The summed E-state index contributed by atoms with van der Waals surface area (Å²) in [7, 11) is 0. The van der Waals surface area contributed by atoms with Gasteiger partial charge in [0.25, 0.3) is 11.8 Å². The molecule has 3 aromatic carbocycles. The lowest BCUT2D eigenvalue weighted by molar-refractivity contribution is -0.122. The minimum atomic E-state index is -0.813. The van der Waals surface area contributed by atoms with Gasteiger partial charge in [0.1, 0.15) is 23.7 Å². The van der Waals surface area contributed by atoms with E-state index in [1.54, 1.807) is 60.7 Å². The number of barbiturate groups is 1. The van der Waals surface area contributed by atoms with Crippen molar-refractivity contribution in [2.24, 2.45) is 0 Å². The predicted octanol–water partition coefficient (Wildman–Crippen LogP) is 5.64. The number of benzene rings is 3. The van der Waals surface area contributed by atoms with Gasteiger partial charge in [0, 0.05) is 0 Å². The molecule has 1 saturated heterocycles. The molecular formula is C26H20Cl2N2O5. The Labute approximate surface area is 211 Å². The van der Waals surface area contributed by atoms with E-state index in [2.05, 4.69) is 5.32 Å². The van der Waals surface area contributed by atoms with Gasteiger partial charge in [0.05, 0.1) is 22.3 Å². The monoisotopic (exact) mass is 510 g/mol. The number of halogens is 2. The highest BCUT2D eigenvalue weighted by Gasteiger charge is 2.36. The largest absolute Gasteiger partial charge is 0.494 e. The Morgan fingerprint density at radius 2 is 1.51 bits per heavy atom. The van der Waals surface area contributed by atoms with Gasteiger partial charge in [0.15, 0.2) is 0 Å². The van der Waals surface area contributed by atoms with Gasteiger partial charge in [-0.05, 0) is 72.7 Å². The van der Waals surface area contributed by atoms with Gasteiger partial charge in [-0.25, -0.2) is 9.69 Å². The Bertz CT molecular complexity index is 1300. The predicted molar refractivity (Wildman–Crippen MR) is 134 cm³/mol. The summed E-state index contributed by atoms with van der Waals surface area (Å²) in [5, 5.41) is 3.13.